The van der Waals surface area contributed by atoms with Gasteiger partial charge in [0, 0.05) is 36.2 Å². The molecule has 16 heteroatoms. The summed E-state index contributed by atoms with van der Waals surface area (Å²) in [4.78, 5) is 22.1. The van der Waals surface area contributed by atoms with Crippen molar-refractivity contribution in [3.05, 3.63) is 99.0 Å². The van der Waals surface area contributed by atoms with Gasteiger partial charge >= 0.3 is 22.5 Å². The summed E-state index contributed by atoms with van der Waals surface area (Å²) in [7, 11) is -0.706. The zero-order valence-corrected chi connectivity index (χ0v) is 28.0. The number of alkyl halides is 3. The smallest absolute Gasteiger partial charge is 0.416 e. The number of rotatable bonds is 6. The Labute approximate surface area is 281 Å². The molecule has 0 radical (unpaired) electrons. The lowest BCUT2D eigenvalue weighted by atomic mass is 9.93. The molecule has 47 heavy (non-hydrogen) atoms. The molecule has 2 N–H and O–H groups in total. The first kappa shape index (κ1) is 36.4. The number of halogens is 5. The zero-order valence-electron chi connectivity index (χ0n) is 25.7. The first-order valence-corrected chi connectivity index (χ1v) is 16.7. The average Bonchev–Trinajstić information content (AvgIpc) is 3.41. The normalized spacial score (nSPS) is 18.8. The number of hydrogen-bond donors (Lipinski definition) is 2. The van der Waals surface area contributed by atoms with E-state index in [0.29, 0.717) is 21.2 Å². The van der Waals surface area contributed by atoms with Crippen molar-refractivity contribution in [1.82, 2.24) is 19.4 Å². The van der Waals surface area contributed by atoms with Crippen LogP contribution in [0.4, 0.5) is 18.0 Å². The summed E-state index contributed by atoms with van der Waals surface area (Å²) in [5.74, 6) is -0.0361. The molecular weight excluding hydrogens is 682 g/mol. The predicted octanol–water partition coefficient (Wildman–Crippen LogP) is 6.33. The number of carbonyl (C=O) groups excluding carboxylic acids is 1. The van der Waals surface area contributed by atoms with Gasteiger partial charge in [-0.15, -0.1) is 0 Å². The fourth-order valence-electron chi connectivity index (χ4n) is 5.28. The van der Waals surface area contributed by atoms with Gasteiger partial charge in [0.15, 0.2) is 0 Å². The Bertz CT molecular complexity index is 1690. The molecule has 0 saturated carbocycles. The number of ether oxygens (including phenoxy) is 1. The monoisotopic (exact) mass is 715 g/mol. The summed E-state index contributed by atoms with van der Waals surface area (Å²) in [6, 6.07) is 14.6. The maximum Gasteiger partial charge on any atom is 0.416 e. The van der Waals surface area contributed by atoms with Crippen LogP contribution < -0.4 is 10.1 Å². The van der Waals surface area contributed by atoms with Crippen molar-refractivity contribution in [2.24, 2.45) is 4.99 Å². The molecule has 2 unspecified atom stereocenters. The van der Waals surface area contributed by atoms with Crippen molar-refractivity contribution in [1.29, 1.82) is 0 Å². The fraction of sp³-hybridized carbons (Fsp3) is 0.355. The number of aliphatic imine (C=N–C) groups is 1. The van der Waals surface area contributed by atoms with Crippen LogP contribution in [0.5, 0.6) is 5.75 Å². The summed E-state index contributed by atoms with van der Waals surface area (Å²) < 4.78 is 80.3. The van der Waals surface area contributed by atoms with Crippen molar-refractivity contribution in [2.75, 3.05) is 46.9 Å². The second-order valence-corrected chi connectivity index (χ2v) is 12.9. The van der Waals surface area contributed by atoms with Crippen molar-refractivity contribution < 1.29 is 35.7 Å². The van der Waals surface area contributed by atoms with Gasteiger partial charge in [0.1, 0.15) is 17.6 Å². The van der Waals surface area contributed by atoms with Crippen LogP contribution in [0, 0.1) is 0 Å². The van der Waals surface area contributed by atoms with Crippen molar-refractivity contribution in [3.63, 3.8) is 0 Å². The molecule has 10 nitrogen and oxygen atoms in total. The number of nitrogens with zero attached hydrogens (tertiary/aromatic N) is 4. The first-order chi connectivity index (χ1) is 22.2. The van der Waals surface area contributed by atoms with E-state index in [1.54, 1.807) is 55.5 Å². The minimum Gasteiger partial charge on any atom is -0.493 e. The van der Waals surface area contributed by atoms with Gasteiger partial charge in [0.25, 0.3) is 0 Å². The van der Waals surface area contributed by atoms with Crippen LogP contribution in [0.15, 0.2) is 71.7 Å². The molecule has 5 rings (SSSR count). The Morgan fingerprint density at radius 1 is 0.957 bits per heavy atom. The number of hydrogen-bond acceptors (Lipinski definition) is 6. The summed E-state index contributed by atoms with van der Waals surface area (Å²) >= 11 is 12.3. The minimum atomic E-state index is -4.64. The highest BCUT2D eigenvalue weighted by atomic mass is 35.5. The fourth-order valence-corrected chi connectivity index (χ4v) is 6.15. The Kier molecular flexibility index (Phi) is 11.8. The maximum absolute atomic E-state index is 14.4. The topological polar surface area (TPSA) is 115 Å². The van der Waals surface area contributed by atoms with Crippen molar-refractivity contribution >= 4 is 45.4 Å². The third-order valence-electron chi connectivity index (χ3n) is 7.38. The first-order valence-electron chi connectivity index (χ1n) is 14.5. The highest BCUT2D eigenvalue weighted by Crippen LogP contribution is 2.46. The molecule has 0 aromatic heterocycles. The molecule has 0 aliphatic carbocycles. The molecule has 2 aliphatic heterocycles. The zero-order chi connectivity index (χ0) is 34.5. The second-order valence-electron chi connectivity index (χ2n) is 10.6. The van der Waals surface area contributed by atoms with Crippen molar-refractivity contribution in [2.45, 2.75) is 25.2 Å². The molecule has 2 heterocycles. The third kappa shape index (κ3) is 8.55. The van der Waals surface area contributed by atoms with E-state index in [2.05, 4.69) is 5.32 Å². The number of amides is 2. The van der Waals surface area contributed by atoms with Gasteiger partial charge in [-0.1, -0.05) is 47.5 Å². The quantitative estimate of drug-likeness (QED) is 0.289. The van der Waals surface area contributed by atoms with E-state index in [0.717, 1.165) is 16.4 Å². The number of nitrogens with one attached hydrogen (secondary N) is 1. The van der Waals surface area contributed by atoms with E-state index in [-0.39, 0.29) is 49.9 Å². The van der Waals surface area contributed by atoms with Crippen LogP contribution in [0.25, 0.3) is 0 Å². The van der Waals surface area contributed by atoms with Crippen LogP contribution in [-0.2, 0) is 16.5 Å². The summed E-state index contributed by atoms with van der Waals surface area (Å²) in [5, 5.41) is 3.68. The molecule has 3 aromatic rings. The van der Waals surface area contributed by atoms with E-state index in [4.69, 9.17) is 32.9 Å². The Morgan fingerprint density at radius 3 is 1.98 bits per heavy atom. The van der Waals surface area contributed by atoms with Crippen LogP contribution in [0.2, 0.25) is 10.0 Å². The molecule has 1 saturated heterocycles. The van der Waals surface area contributed by atoms with Gasteiger partial charge in [-0.25, -0.2) is 4.79 Å². The summed E-state index contributed by atoms with van der Waals surface area (Å²) in [6.45, 7) is 1.28. The SMILES string of the molecule is CCOc1cc(C(F)(F)F)ccc1C1=NC(c2ccc(Cl)cc2)C(c2ccc(Cl)cc2)N1C(=O)N1CCN(S(=O)(=O)O)CC1.CNC. The maximum atomic E-state index is 14.4. The standard InChI is InChI=1S/C29H27Cl2F3N4O5S.C2H7N/c1-2-43-24-17-20(29(32,33)34)7-12-23(24)27-35-25(18-3-8-21(30)9-4-18)26(19-5-10-22(31)11-6-19)38(27)28(39)36-13-15-37(16-14-36)44(40,41)42;1-3-2/h3-12,17,25-26H,2,13-16H2,1H3,(H,40,41,42);3H,1-2H3. The lowest BCUT2D eigenvalue weighted by Crippen LogP contribution is -2.55. The molecule has 1 fully saturated rings. The van der Waals surface area contributed by atoms with E-state index in [1.165, 1.54) is 15.9 Å². The molecule has 0 bridgehead atoms. The van der Waals surface area contributed by atoms with E-state index >= 15 is 0 Å². The third-order valence-corrected chi connectivity index (χ3v) is 8.90. The van der Waals surface area contributed by atoms with E-state index < -0.39 is 40.2 Å². The van der Waals surface area contributed by atoms with Gasteiger partial charge < -0.3 is 15.0 Å². The number of benzene rings is 3. The molecule has 3 aromatic carbocycles. The number of carbonyl (C=O) groups is 1. The highest BCUT2D eigenvalue weighted by Gasteiger charge is 2.45. The van der Waals surface area contributed by atoms with Crippen molar-refractivity contribution in [3.8, 4) is 5.75 Å². The molecule has 2 aliphatic rings. The minimum absolute atomic E-state index is 0.0489. The summed E-state index contributed by atoms with van der Waals surface area (Å²) in [5.41, 5.74) is 0.567. The van der Waals surface area contributed by atoms with Gasteiger partial charge in [-0.3, -0.25) is 14.4 Å². The van der Waals surface area contributed by atoms with Gasteiger partial charge in [-0.05, 0) is 74.6 Å². The number of urea groups is 1. The van der Waals surface area contributed by atoms with Gasteiger partial charge in [-0.2, -0.15) is 25.9 Å². The van der Waals surface area contributed by atoms with Crippen LogP contribution in [-0.4, -0.2) is 85.8 Å². The lowest BCUT2D eigenvalue weighted by molar-refractivity contribution is -0.137. The second kappa shape index (κ2) is 15.2. The molecule has 254 valence electrons. The van der Waals surface area contributed by atoms with Gasteiger partial charge in [0.05, 0.1) is 23.8 Å². The van der Waals surface area contributed by atoms with E-state index in [1.807, 2.05) is 14.1 Å². The number of amidine groups is 1. The number of piperazine rings is 1. The average molecular weight is 717 g/mol. The van der Waals surface area contributed by atoms with Gasteiger partial charge in [0.2, 0.25) is 0 Å². The molecule has 0 spiro atoms. The molecular formula is C31H34Cl2F3N5O5S. The molecule has 2 amide bonds. The summed E-state index contributed by atoms with van der Waals surface area (Å²) in [6.07, 6.45) is -4.64. The predicted molar refractivity (Wildman–Crippen MR) is 174 cm³/mol. The highest BCUT2D eigenvalue weighted by molar-refractivity contribution is 7.83. The molecule has 2 atom stereocenters. The van der Waals surface area contributed by atoms with Crippen LogP contribution in [0.3, 0.4) is 0 Å². The Balaban J connectivity index is 0.00000160. The van der Waals surface area contributed by atoms with Crippen LogP contribution >= 0.6 is 23.2 Å². The van der Waals surface area contributed by atoms with E-state index in [9.17, 15) is 30.9 Å². The lowest BCUT2D eigenvalue weighted by Gasteiger charge is -2.38. The van der Waals surface area contributed by atoms with Crippen LogP contribution in [0.1, 0.15) is 41.3 Å². The Hall–Kier alpha value is -3.40. The Morgan fingerprint density at radius 2 is 1.49 bits per heavy atom. The largest absolute Gasteiger partial charge is 0.493 e.